The number of halogens is 1. The number of aliphatic imine (C=N–C) groups is 1. The number of thioether (sulfide) groups is 1. The van der Waals surface area contributed by atoms with Crippen LogP contribution >= 0.6 is 35.7 Å². The summed E-state index contributed by atoms with van der Waals surface area (Å²) < 4.78 is 16.1. The number of rotatable bonds is 9. The van der Waals surface area contributed by atoms with Crippen molar-refractivity contribution in [2.45, 2.75) is 13.0 Å². The lowest BCUT2D eigenvalue weighted by Crippen LogP contribution is -2.37. The van der Waals surface area contributed by atoms with Crippen LogP contribution in [0, 0.1) is 0 Å². The SMILES string of the molecule is CN=C(NCCCSC)NCc1cc(OC)c(OC)c(OC)c1.I. The topological polar surface area (TPSA) is 64.1 Å². The Balaban J connectivity index is 0.00000529. The predicted molar refractivity (Wildman–Crippen MR) is 113 cm³/mol. The zero-order valence-corrected chi connectivity index (χ0v) is 18.1. The number of hydrogen-bond donors (Lipinski definition) is 2. The monoisotopic (exact) mass is 469 g/mol. The molecular formula is C16H28IN3O3S. The quantitative estimate of drug-likeness (QED) is 0.251. The van der Waals surface area contributed by atoms with Gasteiger partial charge in [0.25, 0.3) is 0 Å². The van der Waals surface area contributed by atoms with E-state index in [4.69, 9.17) is 14.2 Å². The van der Waals surface area contributed by atoms with Gasteiger partial charge in [-0.3, -0.25) is 4.99 Å². The highest BCUT2D eigenvalue weighted by Crippen LogP contribution is 2.38. The summed E-state index contributed by atoms with van der Waals surface area (Å²) in [6, 6.07) is 3.85. The Morgan fingerprint density at radius 1 is 1.08 bits per heavy atom. The Bertz CT molecular complexity index is 490. The van der Waals surface area contributed by atoms with Gasteiger partial charge in [0.05, 0.1) is 21.3 Å². The van der Waals surface area contributed by atoms with Crippen molar-refractivity contribution < 1.29 is 14.2 Å². The fraction of sp³-hybridized carbons (Fsp3) is 0.562. The van der Waals surface area contributed by atoms with Crippen LogP contribution in [-0.2, 0) is 6.54 Å². The van der Waals surface area contributed by atoms with E-state index in [9.17, 15) is 0 Å². The molecule has 138 valence electrons. The molecule has 0 atom stereocenters. The van der Waals surface area contributed by atoms with Gasteiger partial charge >= 0.3 is 0 Å². The van der Waals surface area contributed by atoms with Gasteiger partial charge < -0.3 is 24.8 Å². The summed E-state index contributed by atoms with van der Waals surface area (Å²) in [5.74, 6) is 3.80. The Kier molecular flexibility index (Phi) is 12.7. The van der Waals surface area contributed by atoms with Crippen LogP contribution in [0.15, 0.2) is 17.1 Å². The van der Waals surface area contributed by atoms with E-state index in [2.05, 4.69) is 21.9 Å². The van der Waals surface area contributed by atoms with E-state index in [1.807, 2.05) is 23.9 Å². The Morgan fingerprint density at radius 2 is 1.71 bits per heavy atom. The molecule has 8 heteroatoms. The highest BCUT2D eigenvalue weighted by molar-refractivity contribution is 14.0. The van der Waals surface area contributed by atoms with Crippen molar-refractivity contribution in [2.24, 2.45) is 4.99 Å². The van der Waals surface area contributed by atoms with Crippen LogP contribution in [0.4, 0.5) is 0 Å². The number of guanidine groups is 1. The second-order valence-corrected chi connectivity index (χ2v) is 5.72. The summed E-state index contributed by atoms with van der Waals surface area (Å²) in [6.07, 6.45) is 3.21. The molecule has 0 amide bonds. The molecule has 0 fully saturated rings. The number of benzene rings is 1. The molecule has 0 bridgehead atoms. The average Bonchev–Trinajstić information content (AvgIpc) is 2.59. The van der Waals surface area contributed by atoms with Gasteiger partial charge in [0.1, 0.15) is 0 Å². The molecule has 0 aromatic heterocycles. The summed E-state index contributed by atoms with van der Waals surface area (Å²) in [5, 5.41) is 6.58. The summed E-state index contributed by atoms with van der Waals surface area (Å²) in [4.78, 5) is 4.22. The van der Waals surface area contributed by atoms with Crippen molar-refractivity contribution >= 4 is 41.7 Å². The van der Waals surface area contributed by atoms with Crippen molar-refractivity contribution in [1.82, 2.24) is 10.6 Å². The molecule has 24 heavy (non-hydrogen) atoms. The molecule has 1 rings (SSSR count). The Morgan fingerprint density at radius 3 is 2.17 bits per heavy atom. The van der Waals surface area contributed by atoms with Crippen molar-refractivity contribution in [1.29, 1.82) is 0 Å². The van der Waals surface area contributed by atoms with Gasteiger partial charge in [0, 0.05) is 20.1 Å². The standard InChI is InChI=1S/C16H27N3O3S.HI/c1-17-16(18-7-6-8-23-5)19-11-12-9-13(20-2)15(22-4)14(10-12)21-3;/h9-10H,6-8,11H2,1-5H3,(H2,17,18,19);1H. The van der Waals surface area contributed by atoms with Crippen LogP contribution in [0.1, 0.15) is 12.0 Å². The highest BCUT2D eigenvalue weighted by atomic mass is 127. The molecule has 0 aliphatic rings. The molecule has 1 aromatic rings. The van der Waals surface area contributed by atoms with Gasteiger partial charge in [-0.1, -0.05) is 0 Å². The van der Waals surface area contributed by atoms with E-state index < -0.39 is 0 Å². The summed E-state index contributed by atoms with van der Waals surface area (Å²) in [7, 11) is 6.58. The maximum Gasteiger partial charge on any atom is 0.203 e. The minimum Gasteiger partial charge on any atom is -0.493 e. The van der Waals surface area contributed by atoms with Gasteiger partial charge in [-0.2, -0.15) is 11.8 Å². The third kappa shape index (κ3) is 7.25. The second kappa shape index (κ2) is 13.3. The van der Waals surface area contributed by atoms with Crippen LogP contribution < -0.4 is 24.8 Å². The number of nitrogens with zero attached hydrogens (tertiary/aromatic N) is 1. The highest BCUT2D eigenvalue weighted by Gasteiger charge is 2.13. The van der Waals surface area contributed by atoms with Gasteiger partial charge in [-0.15, -0.1) is 24.0 Å². The Hall–Kier alpha value is -1.03. The maximum absolute atomic E-state index is 5.36. The lowest BCUT2D eigenvalue weighted by molar-refractivity contribution is 0.323. The van der Waals surface area contributed by atoms with E-state index >= 15 is 0 Å². The lowest BCUT2D eigenvalue weighted by Gasteiger charge is -2.16. The summed E-state index contributed by atoms with van der Waals surface area (Å²) in [5.41, 5.74) is 1.02. The second-order valence-electron chi connectivity index (χ2n) is 4.73. The number of hydrogen-bond acceptors (Lipinski definition) is 5. The molecule has 6 nitrogen and oxygen atoms in total. The molecule has 0 aliphatic heterocycles. The number of nitrogens with one attached hydrogen (secondary N) is 2. The van der Waals surface area contributed by atoms with E-state index in [0.29, 0.717) is 23.8 Å². The largest absolute Gasteiger partial charge is 0.493 e. The minimum absolute atomic E-state index is 0. The first kappa shape index (κ1) is 23.0. The van der Waals surface area contributed by atoms with Crippen molar-refractivity contribution in [3.8, 4) is 17.2 Å². The van der Waals surface area contributed by atoms with Gasteiger partial charge in [-0.25, -0.2) is 0 Å². The van der Waals surface area contributed by atoms with Crippen LogP contribution in [0.2, 0.25) is 0 Å². The average molecular weight is 469 g/mol. The molecule has 2 N–H and O–H groups in total. The molecule has 0 unspecified atom stereocenters. The third-order valence-corrected chi connectivity index (χ3v) is 3.92. The van der Waals surface area contributed by atoms with Gasteiger partial charge in [-0.05, 0) is 36.1 Å². The van der Waals surface area contributed by atoms with Crippen LogP contribution in [0.25, 0.3) is 0 Å². The zero-order chi connectivity index (χ0) is 17.1. The van der Waals surface area contributed by atoms with Gasteiger partial charge in [0.15, 0.2) is 17.5 Å². The number of methoxy groups -OCH3 is 3. The molecule has 0 radical (unpaired) electrons. The van der Waals surface area contributed by atoms with Crippen LogP contribution in [0.5, 0.6) is 17.2 Å². The fourth-order valence-corrected chi connectivity index (χ4v) is 2.50. The van der Waals surface area contributed by atoms with Crippen molar-refractivity contribution in [3.05, 3.63) is 17.7 Å². The van der Waals surface area contributed by atoms with E-state index in [0.717, 1.165) is 30.2 Å². The predicted octanol–water partition coefficient (Wildman–Crippen LogP) is 2.75. The molecule has 0 saturated heterocycles. The molecule has 1 aromatic carbocycles. The summed E-state index contributed by atoms with van der Waals surface area (Å²) >= 11 is 1.84. The first-order valence-corrected chi connectivity index (χ1v) is 8.81. The molecule has 0 aliphatic carbocycles. The lowest BCUT2D eigenvalue weighted by atomic mass is 10.2. The molecule has 0 saturated carbocycles. The fourth-order valence-electron chi connectivity index (χ4n) is 2.07. The maximum atomic E-state index is 5.36. The smallest absolute Gasteiger partial charge is 0.203 e. The minimum atomic E-state index is 0. The molecular weight excluding hydrogens is 441 g/mol. The van der Waals surface area contributed by atoms with Gasteiger partial charge in [0.2, 0.25) is 5.75 Å². The van der Waals surface area contributed by atoms with Crippen LogP contribution in [0.3, 0.4) is 0 Å². The molecule has 0 spiro atoms. The third-order valence-electron chi connectivity index (χ3n) is 3.23. The first-order chi connectivity index (χ1) is 11.2. The van der Waals surface area contributed by atoms with Crippen molar-refractivity contribution in [2.75, 3.05) is 46.9 Å². The van der Waals surface area contributed by atoms with E-state index in [-0.39, 0.29) is 24.0 Å². The molecule has 0 heterocycles. The number of ether oxygens (including phenoxy) is 3. The summed E-state index contributed by atoms with van der Waals surface area (Å²) in [6.45, 7) is 1.51. The zero-order valence-electron chi connectivity index (χ0n) is 15.0. The van der Waals surface area contributed by atoms with E-state index in [1.165, 1.54) is 0 Å². The normalized spacial score (nSPS) is 10.6. The Labute approximate surface area is 166 Å². The first-order valence-electron chi connectivity index (χ1n) is 7.42. The van der Waals surface area contributed by atoms with Crippen LogP contribution in [-0.4, -0.2) is 52.9 Å². The van der Waals surface area contributed by atoms with Crippen molar-refractivity contribution in [3.63, 3.8) is 0 Å². The van der Waals surface area contributed by atoms with E-state index in [1.54, 1.807) is 28.4 Å².